The minimum Gasteiger partial charge on any atom is -0.354 e. The summed E-state index contributed by atoms with van der Waals surface area (Å²) in [4.78, 5) is 4.92. The molecule has 0 spiro atoms. The van der Waals surface area contributed by atoms with E-state index in [2.05, 4.69) is 51.7 Å². The SMILES string of the molecule is CC(C)SCCN1CCCN(c2cccnn2)CC1. The third kappa shape index (κ3) is 4.99. The Kier molecular flexibility index (Phi) is 5.92. The van der Waals surface area contributed by atoms with Crippen molar-refractivity contribution in [3.05, 3.63) is 18.3 Å². The molecule has 1 aliphatic rings. The minimum absolute atomic E-state index is 0.739. The molecule has 1 fully saturated rings. The number of aromatic nitrogens is 2. The van der Waals surface area contributed by atoms with E-state index in [0.717, 1.165) is 30.7 Å². The second kappa shape index (κ2) is 7.70. The van der Waals surface area contributed by atoms with Crippen molar-refractivity contribution in [1.29, 1.82) is 0 Å². The van der Waals surface area contributed by atoms with Gasteiger partial charge in [-0.2, -0.15) is 16.9 Å². The van der Waals surface area contributed by atoms with Crippen molar-refractivity contribution in [2.45, 2.75) is 25.5 Å². The van der Waals surface area contributed by atoms with Gasteiger partial charge in [0.25, 0.3) is 0 Å². The van der Waals surface area contributed by atoms with Gasteiger partial charge in [-0.15, -0.1) is 5.10 Å². The first-order chi connectivity index (χ1) is 9.25. The fourth-order valence-electron chi connectivity index (χ4n) is 2.30. The molecule has 0 amide bonds. The van der Waals surface area contributed by atoms with Gasteiger partial charge in [0.2, 0.25) is 0 Å². The lowest BCUT2D eigenvalue weighted by atomic mass is 10.4. The van der Waals surface area contributed by atoms with E-state index in [9.17, 15) is 0 Å². The molecule has 2 heterocycles. The quantitative estimate of drug-likeness (QED) is 0.825. The Labute approximate surface area is 120 Å². The molecule has 4 nitrogen and oxygen atoms in total. The van der Waals surface area contributed by atoms with Crippen LogP contribution in [-0.2, 0) is 0 Å². The number of hydrogen-bond acceptors (Lipinski definition) is 5. The summed E-state index contributed by atoms with van der Waals surface area (Å²) in [6.07, 6.45) is 2.94. The molecule has 0 aliphatic carbocycles. The number of thioether (sulfide) groups is 1. The predicted molar refractivity (Wildman–Crippen MR) is 82.9 cm³/mol. The summed E-state index contributed by atoms with van der Waals surface area (Å²) in [5.74, 6) is 2.25. The van der Waals surface area contributed by atoms with E-state index in [0.29, 0.717) is 0 Å². The van der Waals surface area contributed by atoms with E-state index in [1.165, 1.54) is 25.3 Å². The molecule has 1 saturated heterocycles. The molecule has 0 unspecified atom stereocenters. The second-order valence-electron chi connectivity index (χ2n) is 5.18. The fraction of sp³-hybridized carbons (Fsp3) is 0.714. The monoisotopic (exact) mass is 280 g/mol. The van der Waals surface area contributed by atoms with E-state index in [1.54, 1.807) is 6.20 Å². The normalized spacial score (nSPS) is 17.7. The van der Waals surface area contributed by atoms with Crippen LogP contribution in [0, 0.1) is 0 Å². The lowest BCUT2D eigenvalue weighted by Crippen LogP contribution is -2.32. The third-order valence-corrected chi connectivity index (χ3v) is 4.41. The Balaban J connectivity index is 1.78. The predicted octanol–water partition coefficient (Wildman–Crippen LogP) is 2.13. The average Bonchev–Trinajstić information content (AvgIpc) is 2.65. The molecular formula is C14H24N4S. The van der Waals surface area contributed by atoms with Crippen LogP contribution in [0.25, 0.3) is 0 Å². The van der Waals surface area contributed by atoms with Gasteiger partial charge < -0.3 is 9.80 Å². The van der Waals surface area contributed by atoms with Crippen molar-refractivity contribution >= 4 is 17.6 Å². The third-order valence-electron chi connectivity index (χ3n) is 3.33. The summed E-state index contributed by atoms with van der Waals surface area (Å²) in [5.41, 5.74) is 0. The van der Waals surface area contributed by atoms with Crippen molar-refractivity contribution in [1.82, 2.24) is 15.1 Å². The number of nitrogens with zero attached hydrogens (tertiary/aromatic N) is 4. The largest absolute Gasteiger partial charge is 0.354 e. The van der Waals surface area contributed by atoms with Crippen LogP contribution in [0.2, 0.25) is 0 Å². The number of anilines is 1. The second-order valence-corrected chi connectivity index (χ2v) is 6.87. The Bertz CT molecular complexity index is 358. The van der Waals surface area contributed by atoms with Gasteiger partial charge in [-0.05, 0) is 30.3 Å². The van der Waals surface area contributed by atoms with Crippen molar-refractivity contribution in [3.63, 3.8) is 0 Å². The van der Waals surface area contributed by atoms with Crippen LogP contribution < -0.4 is 4.90 Å². The molecule has 0 saturated carbocycles. The molecule has 0 aromatic carbocycles. The molecule has 1 aliphatic heterocycles. The Hall–Kier alpha value is -0.810. The Morgan fingerprint density at radius 2 is 2.16 bits per heavy atom. The first-order valence-electron chi connectivity index (χ1n) is 7.12. The summed E-state index contributed by atoms with van der Waals surface area (Å²) in [5, 5.41) is 8.92. The van der Waals surface area contributed by atoms with Crippen LogP contribution in [0.1, 0.15) is 20.3 Å². The van der Waals surface area contributed by atoms with E-state index < -0.39 is 0 Å². The van der Waals surface area contributed by atoms with Gasteiger partial charge in [0, 0.05) is 38.1 Å². The van der Waals surface area contributed by atoms with Gasteiger partial charge in [0.15, 0.2) is 5.82 Å². The maximum atomic E-state index is 4.21. The Morgan fingerprint density at radius 1 is 1.26 bits per heavy atom. The van der Waals surface area contributed by atoms with Gasteiger partial charge in [-0.3, -0.25) is 0 Å². The molecule has 1 aromatic heterocycles. The van der Waals surface area contributed by atoms with Gasteiger partial charge >= 0.3 is 0 Å². The maximum absolute atomic E-state index is 4.21. The fourth-order valence-corrected chi connectivity index (χ4v) is 3.14. The van der Waals surface area contributed by atoms with Gasteiger partial charge in [0.1, 0.15) is 0 Å². The van der Waals surface area contributed by atoms with E-state index >= 15 is 0 Å². The van der Waals surface area contributed by atoms with E-state index in [1.807, 2.05) is 6.07 Å². The highest BCUT2D eigenvalue weighted by molar-refractivity contribution is 7.99. The lowest BCUT2D eigenvalue weighted by molar-refractivity contribution is 0.312. The highest BCUT2D eigenvalue weighted by Crippen LogP contribution is 2.13. The van der Waals surface area contributed by atoms with Crippen molar-refractivity contribution in [2.75, 3.05) is 43.4 Å². The number of rotatable bonds is 5. The summed E-state index contributed by atoms with van der Waals surface area (Å²) in [7, 11) is 0. The number of hydrogen-bond donors (Lipinski definition) is 0. The van der Waals surface area contributed by atoms with Crippen LogP contribution in [0.5, 0.6) is 0 Å². The zero-order chi connectivity index (χ0) is 13.5. The van der Waals surface area contributed by atoms with E-state index in [4.69, 9.17) is 0 Å². The molecule has 0 bridgehead atoms. The molecule has 0 radical (unpaired) electrons. The molecule has 5 heteroatoms. The summed E-state index contributed by atoms with van der Waals surface area (Å²) in [6.45, 7) is 10.2. The first kappa shape index (κ1) is 14.6. The van der Waals surface area contributed by atoms with Crippen LogP contribution in [0.4, 0.5) is 5.82 Å². The summed E-state index contributed by atoms with van der Waals surface area (Å²) in [6, 6.07) is 4.02. The smallest absolute Gasteiger partial charge is 0.151 e. The molecular weight excluding hydrogens is 256 g/mol. The molecule has 2 rings (SSSR count). The molecule has 106 valence electrons. The van der Waals surface area contributed by atoms with Crippen LogP contribution >= 0.6 is 11.8 Å². The zero-order valence-corrected chi connectivity index (χ0v) is 12.8. The van der Waals surface area contributed by atoms with Crippen molar-refractivity contribution < 1.29 is 0 Å². The van der Waals surface area contributed by atoms with E-state index in [-0.39, 0.29) is 0 Å². The topological polar surface area (TPSA) is 32.3 Å². The highest BCUT2D eigenvalue weighted by Gasteiger charge is 2.15. The van der Waals surface area contributed by atoms with Gasteiger partial charge in [0.05, 0.1) is 0 Å². The van der Waals surface area contributed by atoms with Gasteiger partial charge in [-0.1, -0.05) is 13.8 Å². The van der Waals surface area contributed by atoms with Crippen LogP contribution in [0.15, 0.2) is 18.3 Å². The molecule has 0 atom stereocenters. The molecule has 19 heavy (non-hydrogen) atoms. The van der Waals surface area contributed by atoms with Gasteiger partial charge in [-0.25, -0.2) is 0 Å². The average molecular weight is 280 g/mol. The molecule has 1 aromatic rings. The van der Waals surface area contributed by atoms with Crippen LogP contribution in [-0.4, -0.2) is 58.8 Å². The summed E-state index contributed by atoms with van der Waals surface area (Å²) < 4.78 is 0. The van der Waals surface area contributed by atoms with Crippen molar-refractivity contribution in [3.8, 4) is 0 Å². The van der Waals surface area contributed by atoms with Crippen LogP contribution in [0.3, 0.4) is 0 Å². The highest BCUT2D eigenvalue weighted by atomic mass is 32.2. The summed E-state index contributed by atoms with van der Waals surface area (Å²) >= 11 is 2.05. The first-order valence-corrected chi connectivity index (χ1v) is 8.17. The minimum atomic E-state index is 0.739. The maximum Gasteiger partial charge on any atom is 0.151 e. The lowest BCUT2D eigenvalue weighted by Gasteiger charge is -2.22. The zero-order valence-electron chi connectivity index (χ0n) is 12.0. The Morgan fingerprint density at radius 3 is 2.89 bits per heavy atom. The standard InChI is InChI=1S/C14H24N4S/c1-13(2)19-12-11-17-7-4-8-18(10-9-17)14-5-3-6-15-16-14/h3,5-6,13H,4,7-12H2,1-2H3. The van der Waals surface area contributed by atoms with Crippen molar-refractivity contribution in [2.24, 2.45) is 0 Å². The molecule has 0 N–H and O–H groups in total.